The Morgan fingerprint density at radius 2 is 1.82 bits per heavy atom. The Morgan fingerprint density at radius 1 is 1.09 bits per heavy atom. The molecule has 0 radical (unpaired) electrons. The maximum atomic E-state index is 13.7. The Bertz CT molecular complexity index is 1140. The molecule has 2 amide bonds. The number of methoxy groups -OCH3 is 1. The monoisotopic (exact) mass is 446 g/mol. The summed E-state index contributed by atoms with van der Waals surface area (Å²) in [6.45, 7) is 4.27. The van der Waals surface area contributed by atoms with Gasteiger partial charge in [0.15, 0.2) is 0 Å². The zero-order chi connectivity index (χ0) is 23.5. The van der Waals surface area contributed by atoms with Gasteiger partial charge in [-0.3, -0.25) is 9.59 Å². The number of amides is 2. The van der Waals surface area contributed by atoms with Crippen LogP contribution in [0, 0.1) is 19.8 Å². The maximum absolute atomic E-state index is 13.7. The second-order valence-electron chi connectivity index (χ2n) is 8.64. The molecule has 4 rings (SSSR count). The van der Waals surface area contributed by atoms with Gasteiger partial charge in [0.1, 0.15) is 17.3 Å². The summed E-state index contributed by atoms with van der Waals surface area (Å²) < 4.78 is 11.3. The Balaban J connectivity index is 1.75. The molecule has 1 saturated heterocycles. The van der Waals surface area contributed by atoms with Gasteiger partial charge in [-0.15, -0.1) is 0 Å². The topological polar surface area (TPSA) is 63.0 Å². The van der Waals surface area contributed by atoms with E-state index in [0.29, 0.717) is 25.1 Å². The van der Waals surface area contributed by atoms with E-state index in [1.54, 1.807) is 24.0 Å². The van der Waals surface area contributed by atoms with Crippen molar-refractivity contribution in [2.75, 3.05) is 19.1 Å². The number of hydrogen-bond donors (Lipinski definition) is 0. The fourth-order valence-corrected chi connectivity index (χ4v) is 4.59. The molecular formula is C27H30N2O4. The first-order valence-electron chi connectivity index (χ1n) is 11.2. The molecule has 6 nitrogen and oxygen atoms in total. The van der Waals surface area contributed by atoms with Crippen LogP contribution in [0.2, 0.25) is 0 Å². The molecule has 2 aromatic carbocycles. The van der Waals surface area contributed by atoms with Crippen molar-refractivity contribution in [1.82, 2.24) is 4.90 Å². The summed E-state index contributed by atoms with van der Waals surface area (Å²) in [7, 11) is 3.40. The van der Waals surface area contributed by atoms with E-state index in [2.05, 4.69) is 0 Å². The van der Waals surface area contributed by atoms with Gasteiger partial charge in [0.2, 0.25) is 11.8 Å². The second-order valence-corrected chi connectivity index (χ2v) is 8.64. The molecule has 2 atom stereocenters. The SMILES string of the molecule is COc1ccccc1C1C(C(=O)N(C)Cc2ccc(C)o2)CCC(=O)N1c1ccc(C)cc1. The number of anilines is 1. The summed E-state index contributed by atoms with van der Waals surface area (Å²) >= 11 is 0. The highest BCUT2D eigenvalue weighted by molar-refractivity contribution is 5.97. The van der Waals surface area contributed by atoms with Gasteiger partial charge in [0, 0.05) is 24.7 Å². The van der Waals surface area contributed by atoms with Crippen LogP contribution in [0.4, 0.5) is 5.69 Å². The molecule has 2 heterocycles. The zero-order valence-corrected chi connectivity index (χ0v) is 19.6. The Morgan fingerprint density at radius 3 is 2.48 bits per heavy atom. The first kappa shape index (κ1) is 22.6. The average Bonchev–Trinajstić information content (AvgIpc) is 3.23. The normalized spacial score (nSPS) is 18.3. The van der Waals surface area contributed by atoms with Gasteiger partial charge in [-0.1, -0.05) is 35.9 Å². The molecule has 0 saturated carbocycles. The zero-order valence-electron chi connectivity index (χ0n) is 19.6. The summed E-state index contributed by atoms with van der Waals surface area (Å²) in [5.41, 5.74) is 2.72. The van der Waals surface area contributed by atoms with Crippen molar-refractivity contribution in [2.45, 2.75) is 39.3 Å². The van der Waals surface area contributed by atoms with E-state index in [0.717, 1.165) is 28.3 Å². The van der Waals surface area contributed by atoms with E-state index >= 15 is 0 Å². The number of hydrogen-bond acceptors (Lipinski definition) is 4. The van der Waals surface area contributed by atoms with Crippen molar-refractivity contribution in [1.29, 1.82) is 0 Å². The van der Waals surface area contributed by atoms with E-state index in [4.69, 9.17) is 9.15 Å². The predicted molar refractivity (Wildman–Crippen MR) is 127 cm³/mol. The Hall–Kier alpha value is -3.54. The third-order valence-corrected chi connectivity index (χ3v) is 6.25. The molecule has 1 fully saturated rings. The van der Waals surface area contributed by atoms with Crippen molar-refractivity contribution < 1.29 is 18.7 Å². The van der Waals surface area contributed by atoms with Gasteiger partial charge in [-0.25, -0.2) is 0 Å². The van der Waals surface area contributed by atoms with Crippen molar-refractivity contribution >= 4 is 17.5 Å². The van der Waals surface area contributed by atoms with Crippen LogP contribution in [0.25, 0.3) is 0 Å². The van der Waals surface area contributed by atoms with Crippen molar-refractivity contribution in [2.24, 2.45) is 5.92 Å². The lowest BCUT2D eigenvalue weighted by Gasteiger charge is -2.42. The van der Waals surface area contributed by atoms with Crippen LogP contribution in [0.3, 0.4) is 0 Å². The minimum absolute atomic E-state index is 0.00289. The molecule has 172 valence electrons. The van der Waals surface area contributed by atoms with Crippen LogP contribution in [0.1, 0.15) is 41.5 Å². The average molecular weight is 447 g/mol. The first-order valence-corrected chi connectivity index (χ1v) is 11.2. The fourth-order valence-electron chi connectivity index (χ4n) is 4.59. The van der Waals surface area contributed by atoms with E-state index in [-0.39, 0.29) is 11.8 Å². The highest BCUT2D eigenvalue weighted by atomic mass is 16.5. The molecule has 1 aliphatic rings. The Labute approximate surface area is 194 Å². The lowest BCUT2D eigenvalue weighted by molar-refractivity contribution is -0.138. The van der Waals surface area contributed by atoms with Crippen LogP contribution in [-0.4, -0.2) is 30.9 Å². The van der Waals surface area contributed by atoms with Crippen LogP contribution in [0.15, 0.2) is 65.1 Å². The molecular weight excluding hydrogens is 416 g/mol. The number of carbonyl (C=O) groups is 2. The van der Waals surface area contributed by atoms with Crippen molar-refractivity contribution in [3.05, 3.63) is 83.3 Å². The van der Waals surface area contributed by atoms with Crippen LogP contribution in [0.5, 0.6) is 5.75 Å². The van der Waals surface area contributed by atoms with Crippen molar-refractivity contribution in [3.63, 3.8) is 0 Å². The summed E-state index contributed by atoms with van der Waals surface area (Å²) in [6.07, 6.45) is 0.786. The second kappa shape index (κ2) is 9.53. The largest absolute Gasteiger partial charge is 0.496 e. The number of benzene rings is 2. The highest BCUT2D eigenvalue weighted by Crippen LogP contribution is 2.43. The quantitative estimate of drug-likeness (QED) is 0.532. The van der Waals surface area contributed by atoms with Crippen LogP contribution < -0.4 is 9.64 Å². The van der Waals surface area contributed by atoms with Gasteiger partial charge in [0.25, 0.3) is 0 Å². The predicted octanol–water partition coefficient (Wildman–Crippen LogP) is 5.05. The molecule has 0 spiro atoms. The third kappa shape index (κ3) is 4.65. The van der Waals surface area contributed by atoms with Gasteiger partial charge in [-0.2, -0.15) is 0 Å². The lowest BCUT2D eigenvalue weighted by atomic mass is 9.82. The molecule has 0 N–H and O–H groups in total. The number of carbonyl (C=O) groups excluding carboxylic acids is 2. The molecule has 2 unspecified atom stereocenters. The van der Waals surface area contributed by atoms with E-state index in [9.17, 15) is 9.59 Å². The van der Waals surface area contributed by atoms with Crippen LogP contribution >= 0.6 is 0 Å². The molecule has 3 aromatic rings. The summed E-state index contributed by atoms with van der Waals surface area (Å²) in [5, 5.41) is 0. The molecule has 0 bridgehead atoms. The number of piperidine rings is 1. The smallest absolute Gasteiger partial charge is 0.228 e. The number of furan rings is 1. The standard InChI is InChI=1S/C27H30N2O4/c1-18-9-12-20(13-10-18)29-25(30)16-15-23(26(29)22-7-5-6-8-24(22)32-4)27(31)28(3)17-21-14-11-19(2)33-21/h5-14,23,26H,15-17H2,1-4H3. The Kier molecular flexibility index (Phi) is 6.54. The molecule has 1 aromatic heterocycles. The molecule has 6 heteroatoms. The number of aryl methyl sites for hydroxylation is 2. The van der Waals surface area contributed by atoms with Crippen LogP contribution in [-0.2, 0) is 16.1 Å². The van der Waals surface area contributed by atoms with E-state index in [1.807, 2.05) is 74.5 Å². The van der Waals surface area contributed by atoms with Gasteiger partial charge >= 0.3 is 0 Å². The number of ether oxygens (including phenoxy) is 1. The van der Waals surface area contributed by atoms with Gasteiger partial charge in [0.05, 0.1) is 25.6 Å². The number of rotatable bonds is 6. The lowest BCUT2D eigenvalue weighted by Crippen LogP contribution is -2.48. The maximum Gasteiger partial charge on any atom is 0.228 e. The van der Waals surface area contributed by atoms with Gasteiger partial charge < -0.3 is 19.0 Å². The minimum Gasteiger partial charge on any atom is -0.496 e. The highest BCUT2D eigenvalue weighted by Gasteiger charge is 2.43. The third-order valence-electron chi connectivity index (χ3n) is 6.25. The molecule has 33 heavy (non-hydrogen) atoms. The summed E-state index contributed by atoms with van der Waals surface area (Å²) in [5.74, 6) is 1.77. The van der Waals surface area contributed by atoms with Gasteiger partial charge in [-0.05, 0) is 50.6 Å². The first-order chi connectivity index (χ1) is 15.9. The van der Waals surface area contributed by atoms with E-state index in [1.165, 1.54) is 0 Å². The van der Waals surface area contributed by atoms with Crippen molar-refractivity contribution in [3.8, 4) is 5.75 Å². The number of para-hydroxylation sites is 1. The fraction of sp³-hybridized carbons (Fsp3) is 0.333. The number of nitrogens with zero attached hydrogens (tertiary/aromatic N) is 2. The van der Waals surface area contributed by atoms with E-state index < -0.39 is 12.0 Å². The summed E-state index contributed by atoms with van der Waals surface area (Å²) in [4.78, 5) is 30.4. The minimum atomic E-state index is -0.474. The molecule has 0 aliphatic carbocycles. The molecule has 1 aliphatic heterocycles. The summed E-state index contributed by atoms with van der Waals surface area (Å²) in [6, 6.07) is 18.8.